The Hall–Kier alpha value is -5.52. The van der Waals surface area contributed by atoms with Gasteiger partial charge in [-0.1, -0.05) is 30.3 Å². The van der Waals surface area contributed by atoms with Crippen LogP contribution >= 0.6 is 0 Å². The average Bonchev–Trinajstić information content (AvgIpc) is 3.73. The number of carbonyl (C=O) groups excluding carboxylic acids is 4. The van der Waals surface area contributed by atoms with E-state index in [4.69, 9.17) is 10.8 Å². The zero-order chi connectivity index (χ0) is 41.9. The number of anilines is 1. The Morgan fingerprint density at radius 2 is 1.58 bits per heavy atom. The number of nitrogens with zero attached hydrogens (tertiary/aromatic N) is 2. The Kier molecular flexibility index (Phi) is 15.2. The first kappa shape index (κ1) is 44.2. The Morgan fingerprint density at radius 3 is 2.16 bits per heavy atom. The second-order valence-electron chi connectivity index (χ2n) is 13.9. The number of carbonyl (C=O) groups is 4. The van der Waals surface area contributed by atoms with E-state index < -0.39 is 35.9 Å². The molecule has 1 aromatic heterocycles. The van der Waals surface area contributed by atoms with Crippen LogP contribution in [0.3, 0.4) is 0 Å². The number of aldehydes is 1. The number of aromatic nitrogens is 3. The van der Waals surface area contributed by atoms with Crippen LogP contribution in [0.25, 0.3) is 22.5 Å². The summed E-state index contributed by atoms with van der Waals surface area (Å²) in [7, 11) is 1.00. The zero-order valence-electron chi connectivity index (χ0n) is 31.7. The molecule has 4 aromatic rings. The van der Waals surface area contributed by atoms with Gasteiger partial charge in [-0.3, -0.25) is 24.3 Å². The molecule has 13 nitrogen and oxygen atoms in total. The number of rotatable bonds is 15. The van der Waals surface area contributed by atoms with Crippen LogP contribution in [0.5, 0.6) is 0 Å². The Balaban J connectivity index is 0.00000354. The van der Waals surface area contributed by atoms with E-state index >= 15 is 0 Å². The monoisotopic (exact) mass is 797 g/mol. The first-order valence-corrected chi connectivity index (χ1v) is 18.3. The second kappa shape index (κ2) is 19.6. The lowest BCUT2D eigenvalue weighted by atomic mass is 9.81. The minimum atomic E-state index is -5.00. The number of nitrogens with one attached hydrogen (secondary N) is 4. The molecule has 5 rings (SSSR count). The molecule has 0 aliphatic heterocycles. The molecule has 1 heterocycles. The molecule has 1 aliphatic carbocycles. The molecule has 17 heteroatoms. The van der Waals surface area contributed by atoms with E-state index in [9.17, 15) is 41.8 Å². The number of aliphatic hydroxyl groups excluding tert-OH is 2. The highest BCUT2D eigenvalue weighted by Gasteiger charge is 2.60. The van der Waals surface area contributed by atoms with Crippen LogP contribution in [-0.4, -0.2) is 87.7 Å². The number of hydrogen-bond acceptors (Lipinski definition) is 9. The SMILES string of the molecule is CO.Cc1cc(C(=O)N[C@@H](C)CO)ccc1-c1ccc(C[C@H](NC(=O)C2CCC(CN)CC2)C(=O)Nc2ccc(-c3n[nH]c(C(F)(F)C(F)(F)C=O)n3)cc2)cc1. The largest absolute Gasteiger partial charge is 0.400 e. The van der Waals surface area contributed by atoms with Crippen molar-refractivity contribution in [3.05, 3.63) is 89.2 Å². The summed E-state index contributed by atoms with van der Waals surface area (Å²) in [5.41, 5.74) is 10.1. The standard InChI is InChI=1S/C39H43F4N7O5.CH4O/c1-22-17-29(35(54)45-23(2)20-51)13-16-31(22)26-7-3-24(4-8-26)18-32(47-34(53)28-9-5-25(19-44)6-10-28)36(55)46-30-14-11-27(12-15-30)33-48-37(50-49-33)39(42,43)38(40,41)21-52;1-2/h3-4,7-8,11-17,21,23,25,28,32,51H,5-6,9-10,18-20,44H2,1-2H3,(H,45,54)(H,46,55)(H,47,53)(H,48,49,50);2H,1H3/t23-,25?,28?,32-;/m0./s1. The van der Waals surface area contributed by atoms with Gasteiger partial charge < -0.3 is 31.9 Å². The average molecular weight is 798 g/mol. The number of hydrogen-bond donors (Lipinski definition) is 7. The molecule has 3 amide bonds. The summed E-state index contributed by atoms with van der Waals surface area (Å²) < 4.78 is 55.2. The number of benzene rings is 3. The lowest BCUT2D eigenvalue weighted by Gasteiger charge is -2.28. The van der Waals surface area contributed by atoms with Crippen molar-refractivity contribution in [1.29, 1.82) is 0 Å². The van der Waals surface area contributed by atoms with Gasteiger partial charge in [-0.25, -0.2) is 4.98 Å². The number of nitrogens with two attached hydrogens (primary N) is 1. The molecule has 0 spiro atoms. The van der Waals surface area contributed by atoms with E-state index in [0.717, 1.165) is 42.2 Å². The summed E-state index contributed by atoms with van der Waals surface area (Å²) in [6.07, 6.45) is 1.93. The molecule has 0 bridgehead atoms. The van der Waals surface area contributed by atoms with Gasteiger partial charge in [-0.15, -0.1) is 0 Å². The van der Waals surface area contributed by atoms with Crippen molar-refractivity contribution in [2.75, 3.05) is 25.6 Å². The summed E-state index contributed by atoms with van der Waals surface area (Å²) in [6, 6.07) is 17.1. The second-order valence-corrected chi connectivity index (χ2v) is 13.9. The van der Waals surface area contributed by atoms with Crippen molar-refractivity contribution < 1.29 is 47.0 Å². The third-order valence-electron chi connectivity index (χ3n) is 9.79. The van der Waals surface area contributed by atoms with Crippen LogP contribution < -0.4 is 21.7 Å². The van der Waals surface area contributed by atoms with E-state index in [1.54, 1.807) is 24.2 Å². The van der Waals surface area contributed by atoms with E-state index in [0.29, 0.717) is 36.6 Å². The molecule has 1 saturated carbocycles. The molecule has 2 atom stereocenters. The molecular formula is C40H47F4N7O6. The van der Waals surface area contributed by atoms with Gasteiger partial charge in [-0.05, 0) is 111 Å². The van der Waals surface area contributed by atoms with Crippen molar-refractivity contribution in [2.24, 2.45) is 17.6 Å². The van der Waals surface area contributed by atoms with Crippen molar-refractivity contribution in [3.63, 3.8) is 0 Å². The summed E-state index contributed by atoms with van der Waals surface area (Å²) >= 11 is 0. The van der Waals surface area contributed by atoms with Crippen LogP contribution in [0, 0.1) is 18.8 Å². The van der Waals surface area contributed by atoms with Crippen LogP contribution in [0.1, 0.15) is 59.9 Å². The quantitative estimate of drug-likeness (QED) is 0.0665. The molecule has 0 unspecified atom stereocenters. The maximum Gasteiger partial charge on any atom is 0.375 e. The predicted molar refractivity (Wildman–Crippen MR) is 204 cm³/mol. The van der Waals surface area contributed by atoms with Crippen molar-refractivity contribution >= 4 is 29.7 Å². The molecule has 3 aromatic carbocycles. The Bertz CT molecular complexity index is 1980. The Morgan fingerprint density at radius 1 is 0.947 bits per heavy atom. The normalized spacial score (nSPS) is 16.7. The molecule has 1 aliphatic rings. The predicted octanol–water partition coefficient (Wildman–Crippen LogP) is 4.52. The van der Waals surface area contributed by atoms with Gasteiger partial charge in [0.25, 0.3) is 5.91 Å². The minimum Gasteiger partial charge on any atom is -0.400 e. The fraction of sp³-hybridized carbons (Fsp3) is 0.400. The number of halogens is 4. The molecule has 1 fully saturated rings. The van der Waals surface area contributed by atoms with Gasteiger partial charge in [0.1, 0.15) is 6.04 Å². The van der Waals surface area contributed by atoms with Crippen LogP contribution in [-0.2, 0) is 26.7 Å². The van der Waals surface area contributed by atoms with Crippen molar-refractivity contribution in [1.82, 2.24) is 25.8 Å². The minimum absolute atomic E-state index is 0.148. The van der Waals surface area contributed by atoms with E-state index in [2.05, 4.69) is 26.0 Å². The highest BCUT2D eigenvalue weighted by Crippen LogP contribution is 2.40. The van der Waals surface area contributed by atoms with Crippen LogP contribution in [0.15, 0.2) is 66.7 Å². The summed E-state index contributed by atoms with van der Waals surface area (Å²) in [5, 5.41) is 30.0. The molecular weight excluding hydrogens is 750 g/mol. The van der Waals surface area contributed by atoms with Crippen molar-refractivity contribution in [2.45, 2.75) is 69.9 Å². The van der Waals surface area contributed by atoms with Crippen LogP contribution in [0.4, 0.5) is 23.2 Å². The third-order valence-corrected chi connectivity index (χ3v) is 9.79. The van der Waals surface area contributed by atoms with E-state index in [1.165, 1.54) is 24.3 Å². The van der Waals surface area contributed by atoms with Gasteiger partial charge in [-0.2, -0.15) is 22.7 Å². The topological polar surface area (TPSA) is 212 Å². The van der Waals surface area contributed by atoms with Gasteiger partial charge >= 0.3 is 11.8 Å². The number of aromatic amines is 1. The lowest BCUT2D eigenvalue weighted by molar-refractivity contribution is -0.206. The maximum absolute atomic E-state index is 14.1. The lowest BCUT2D eigenvalue weighted by Crippen LogP contribution is -2.48. The number of H-pyrrole nitrogens is 1. The molecule has 8 N–H and O–H groups in total. The van der Waals surface area contributed by atoms with Gasteiger partial charge in [0.2, 0.25) is 17.6 Å². The fourth-order valence-electron chi connectivity index (χ4n) is 6.39. The molecule has 57 heavy (non-hydrogen) atoms. The highest BCUT2D eigenvalue weighted by molar-refractivity contribution is 5.98. The van der Waals surface area contributed by atoms with Gasteiger partial charge in [0.15, 0.2) is 12.1 Å². The van der Waals surface area contributed by atoms with Crippen molar-refractivity contribution in [3.8, 4) is 22.5 Å². The number of alkyl halides is 4. The van der Waals surface area contributed by atoms with E-state index in [1.807, 2.05) is 37.3 Å². The third kappa shape index (κ3) is 10.9. The number of aryl methyl sites for hydroxylation is 1. The first-order valence-electron chi connectivity index (χ1n) is 18.3. The van der Waals surface area contributed by atoms with E-state index in [-0.39, 0.29) is 48.2 Å². The fourth-order valence-corrected chi connectivity index (χ4v) is 6.39. The maximum atomic E-state index is 14.1. The summed E-state index contributed by atoms with van der Waals surface area (Å²) in [5.74, 6) is -12.7. The van der Waals surface area contributed by atoms with Gasteiger partial charge in [0, 0.05) is 42.3 Å². The van der Waals surface area contributed by atoms with Gasteiger partial charge in [0.05, 0.1) is 6.61 Å². The Labute approximate surface area is 326 Å². The summed E-state index contributed by atoms with van der Waals surface area (Å²) in [4.78, 5) is 53.7. The number of amides is 3. The molecule has 306 valence electrons. The molecule has 0 radical (unpaired) electrons. The smallest absolute Gasteiger partial charge is 0.375 e. The number of aliphatic hydroxyl groups is 2. The summed E-state index contributed by atoms with van der Waals surface area (Å²) in [6.45, 7) is 3.96. The van der Waals surface area contributed by atoms with Crippen LogP contribution in [0.2, 0.25) is 0 Å². The zero-order valence-corrected chi connectivity index (χ0v) is 31.7. The highest BCUT2D eigenvalue weighted by atomic mass is 19.3. The first-order chi connectivity index (χ1) is 27.1. The molecule has 0 saturated heterocycles.